The van der Waals surface area contributed by atoms with Crippen molar-refractivity contribution in [2.45, 2.75) is 6.42 Å². The normalized spacial score (nSPS) is 14.7. The average molecular weight is 351 g/mol. The van der Waals surface area contributed by atoms with E-state index in [0.717, 1.165) is 35.5 Å². The monoisotopic (exact) mass is 351 g/mol. The minimum atomic E-state index is 0.0958. The Balaban J connectivity index is 1.37. The van der Waals surface area contributed by atoms with E-state index < -0.39 is 0 Å². The van der Waals surface area contributed by atoms with Gasteiger partial charge in [0.2, 0.25) is 5.91 Å². The van der Waals surface area contributed by atoms with Gasteiger partial charge >= 0.3 is 0 Å². The number of carbonyl (C=O) groups excluding carboxylic acids is 1. The minimum Gasteiger partial charge on any atom is -0.497 e. The Morgan fingerprint density at radius 3 is 2.54 bits per heavy atom. The van der Waals surface area contributed by atoms with Gasteiger partial charge in [0.15, 0.2) is 5.58 Å². The largest absolute Gasteiger partial charge is 0.497 e. The maximum atomic E-state index is 12.6. The molecule has 0 unspecified atom stereocenters. The molecule has 0 N–H and O–H groups in total. The van der Waals surface area contributed by atoms with Crippen LogP contribution in [0, 0.1) is 0 Å². The van der Waals surface area contributed by atoms with Crippen molar-refractivity contribution in [3.8, 4) is 5.75 Å². The van der Waals surface area contributed by atoms with Crippen molar-refractivity contribution < 1.29 is 14.1 Å². The Bertz CT molecular complexity index is 896. The standard InChI is InChI=1S/C20H21N3O3/c1-25-16-8-6-15(7-9-16)22-10-12-23(13-11-22)20(24)14-18-17-4-2-3-5-19(17)26-21-18/h2-9H,10-14H2,1H3. The number of methoxy groups -OCH3 is 1. The summed E-state index contributed by atoms with van der Waals surface area (Å²) in [6.07, 6.45) is 0.277. The van der Waals surface area contributed by atoms with E-state index in [0.29, 0.717) is 18.8 Å². The average Bonchev–Trinajstić information content (AvgIpc) is 3.11. The van der Waals surface area contributed by atoms with Gasteiger partial charge in [0.25, 0.3) is 0 Å². The third kappa shape index (κ3) is 3.22. The van der Waals surface area contributed by atoms with Crippen LogP contribution >= 0.6 is 0 Å². The van der Waals surface area contributed by atoms with Gasteiger partial charge in [0.1, 0.15) is 11.4 Å². The first kappa shape index (κ1) is 16.4. The molecule has 2 heterocycles. The highest BCUT2D eigenvalue weighted by Gasteiger charge is 2.23. The molecule has 0 spiro atoms. The number of anilines is 1. The molecule has 2 aromatic carbocycles. The number of ether oxygens (including phenoxy) is 1. The van der Waals surface area contributed by atoms with Crippen molar-refractivity contribution >= 4 is 22.6 Å². The van der Waals surface area contributed by atoms with Crippen molar-refractivity contribution in [2.75, 3.05) is 38.2 Å². The number of para-hydroxylation sites is 1. The lowest BCUT2D eigenvalue weighted by Gasteiger charge is -2.36. The minimum absolute atomic E-state index is 0.0958. The first-order chi connectivity index (χ1) is 12.7. The molecule has 1 aliphatic heterocycles. The molecular weight excluding hydrogens is 330 g/mol. The third-order valence-corrected chi connectivity index (χ3v) is 4.84. The highest BCUT2D eigenvalue weighted by molar-refractivity contribution is 5.86. The molecule has 0 aliphatic carbocycles. The molecule has 0 radical (unpaired) electrons. The molecule has 1 aromatic heterocycles. The van der Waals surface area contributed by atoms with Gasteiger partial charge in [-0.3, -0.25) is 4.79 Å². The molecule has 6 heteroatoms. The number of piperazine rings is 1. The lowest BCUT2D eigenvalue weighted by molar-refractivity contribution is -0.130. The fourth-order valence-electron chi connectivity index (χ4n) is 3.33. The molecular formula is C20H21N3O3. The Kier molecular flexibility index (Phi) is 4.48. The molecule has 0 saturated carbocycles. The second-order valence-electron chi connectivity index (χ2n) is 6.37. The number of amides is 1. The fourth-order valence-corrected chi connectivity index (χ4v) is 3.33. The van der Waals surface area contributed by atoms with Gasteiger partial charge in [-0.15, -0.1) is 0 Å². The topological polar surface area (TPSA) is 58.8 Å². The molecule has 0 bridgehead atoms. The second kappa shape index (κ2) is 7.07. The van der Waals surface area contributed by atoms with Crippen LogP contribution in [0.1, 0.15) is 5.69 Å². The zero-order chi connectivity index (χ0) is 17.9. The van der Waals surface area contributed by atoms with Crippen LogP contribution in [0.2, 0.25) is 0 Å². The van der Waals surface area contributed by atoms with Crippen LogP contribution in [0.3, 0.4) is 0 Å². The van der Waals surface area contributed by atoms with Gasteiger partial charge in [-0.05, 0) is 36.4 Å². The number of nitrogens with zero attached hydrogens (tertiary/aromatic N) is 3. The number of benzene rings is 2. The predicted octanol–water partition coefficient (Wildman–Crippen LogP) is 2.73. The van der Waals surface area contributed by atoms with Gasteiger partial charge < -0.3 is 19.1 Å². The molecule has 6 nitrogen and oxygen atoms in total. The highest BCUT2D eigenvalue weighted by Crippen LogP contribution is 2.22. The van der Waals surface area contributed by atoms with Crippen LogP contribution in [0.5, 0.6) is 5.75 Å². The van der Waals surface area contributed by atoms with Crippen molar-refractivity contribution in [3.05, 3.63) is 54.2 Å². The van der Waals surface area contributed by atoms with E-state index in [1.54, 1.807) is 7.11 Å². The summed E-state index contributed by atoms with van der Waals surface area (Å²) in [5, 5.41) is 4.98. The smallest absolute Gasteiger partial charge is 0.228 e. The number of hydrogen-bond acceptors (Lipinski definition) is 5. The van der Waals surface area contributed by atoms with Gasteiger partial charge in [-0.1, -0.05) is 17.3 Å². The van der Waals surface area contributed by atoms with Gasteiger partial charge in [-0.2, -0.15) is 0 Å². The first-order valence-corrected chi connectivity index (χ1v) is 8.74. The maximum Gasteiger partial charge on any atom is 0.228 e. The number of aromatic nitrogens is 1. The summed E-state index contributed by atoms with van der Waals surface area (Å²) in [6, 6.07) is 15.7. The number of hydrogen-bond donors (Lipinski definition) is 0. The van der Waals surface area contributed by atoms with E-state index >= 15 is 0 Å². The maximum absolute atomic E-state index is 12.6. The van der Waals surface area contributed by atoms with Crippen LogP contribution in [0.4, 0.5) is 5.69 Å². The van der Waals surface area contributed by atoms with Crippen LogP contribution in [-0.2, 0) is 11.2 Å². The van der Waals surface area contributed by atoms with Gasteiger partial charge in [-0.25, -0.2) is 0 Å². The van der Waals surface area contributed by atoms with E-state index in [-0.39, 0.29) is 12.3 Å². The van der Waals surface area contributed by atoms with Crippen molar-refractivity contribution in [1.29, 1.82) is 0 Å². The summed E-state index contributed by atoms with van der Waals surface area (Å²) in [4.78, 5) is 16.8. The lowest BCUT2D eigenvalue weighted by atomic mass is 10.1. The summed E-state index contributed by atoms with van der Waals surface area (Å²) < 4.78 is 10.5. The van der Waals surface area contributed by atoms with Crippen molar-refractivity contribution in [1.82, 2.24) is 10.1 Å². The van der Waals surface area contributed by atoms with E-state index in [4.69, 9.17) is 9.26 Å². The fraction of sp³-hybridized carbons (Fsp3) is 0.300. The van der Waals surface area contributed by atoms with Gasteiger partial charge in [0.05, 0.1) is 13.5 Å². The van der Waals surface area contributed by atoms with E-state index in [1.807, 2.05) is 41.3 Å². The summed E-state index contributed by atoms with van der Waals surface area (Å²) in [5.74, 6) is 0.945. The van der Waals surface area contributed by atoms with Crippen LogP contribution in [0.15, 0.2) is 53.1 Å². The Morgan fingerprint density at radius 1 is 1.08 bits per heavy atom. The van der Waals surface area contributed by atoms with E-state index in [1.165, 1.54) is 0 Å². The van der Waals surface area contributed by atoms with Crippen LogP contribution < -0.4 is 9.64 Å². The Morgan fingerprint density at radius 2 is 1.81 bits per heavy atom. The predicted molar refractivity (Wildman–Crippen MR) is 99.5 cm³/mol. The molecule has 26 heavy (non-hydrogen) atoms. The van der Waals surface area contributed by atoms with Crippen molar-refractivity contribution in [3.63, 3.8) is 0 Å². The molecule has 3 aromatic rings. The molecule has 1 aliphatic rings. The van der Waals surface area contributed by atoms with Crippen LogP contribution in [-0.4, -0.2) is 49.3 Å². The molecule has 1 saturated heterocycles. The zero-order valence-corrected chi connectivity index (χ0v) is 14.7. The number of rotatable bonds is 4. The summed E-state index contributed by atoms with van der Waals surface area (Å²) in [7, 11) is 1.66. The first-order valence-electron chi connectivity index (χ1n) is 8.74. The van der Waals surface area contributed by atoms with E-state index in [9.17, 15) is 4.79 Å². The molecule has 134 valence electrons. The quantitative estimate of drug-likeness (QED) is 0.723. The SMILES string of the molecule is COc1ccc(N2CCN(C(=O)Cc3noc4ccccc34)CC2)cc1. The Hall–Kier alpha value is -3.02. The molecule has 0 atom stereocenters. The summed E-state index contributed by atoms with van der Waals surface area (Å²) in [6.45, 7) is 3.05. The second-order valence-corrected chi connectivity index (χ2v) is 6.37. The highest BCUT2D eigenvalue weighted by atomic mass is 16.5. The van der Waals surface area contributed by atoms with E-state index in [2.05, 4.69) is 22.2 Å². The zero-order valence-electron chi connectivity index (χ0n) is 14.7. The lowest BCUT2D eigenvalue weighted by Crippen LogP contribution is -2.49. The summed E-state index contributed by atoms with van der Waals surface area (Å²) in [5.41, 5.74) is 2.59. The van der Waals surface area contributed by atoms with Crippen LogP contribution in [0.25, 0.3) is 11.0 Å². The number of fused-ring (bicyclic) bond motifs is 1. The van der Waals surface area contributed by atoms with Crippen molar-refractivity contribution in [2.24, 2.45) is 0 Å². The molecule has 1 amide bonds. The summed E-state index contributed by atoms with van der Waals surface area (Å²) >= 11 is 0. The Labute approximate surface area is 151 Å². The molecule has 4 rings (SSSR count). The molecule has 1 fully saturated rings. The van der Waals surface area contributed by atoms with Gasteiger partial charge in [0, 0.05) is 37.3 Å². The third-order valence-electron chi connectivity index (χ3n) is 4.84. The number of carbonyl (C=O) groups is 1.